The minimum absolute atomic E-state index is 0.00688. The van der Waals surface area contributed by atoms with Crippen LogP contribution in [0, 0.1) is 0 Å². The molecule has 0 aromatic heterocycles. The standard InChI is InChI=1S/C69H106O4/c1-52(2)28-17-29-53(3)30-18-31-54(4)32-19-33-55(5)34-20-35-56(6)36-21-37-57(7)38-22-39-58(8)40-23-41-59(9)42-24-43-60(10)44-25-45-61(11)46-26-47-62(12)48-27-49-63(13)50-51-65-64(14)66(70)68(72-15)69(73-16)67(65)71/h28,30,32,34,36,38,40,42,44,46,48,50H,17-27,29,31,33,35,37,39,41,43,45,47,49,51H2,1-16H3. The highest BCUT2D eigenvalue weighted by Crippen LogP contribution is 2.29. The Labute approximate surface area is 449 Å². The lowest BCUT2D eigenvalue weighted by Crippen LogP contribution is -2.24. The Morgan fingerprint density at radius 1 is 0.301 bits per heavy atom. The molecule has 73 heavy (non-hydrogen) atoms. The zero-order valence-corrected chi connectivity index (χ0v) is 49.8. The van der Waals surface area contributed by atoms with Crippen LogP contribution in [0.1, 0.15) is 245 Å². The fourth-order valence-corrected chi connectivity index (χ4v) is 8.89. The summed E-state index contributed by atoms with van der Waals surface area (Å²) in [5.74, 6) is -0.572. The minimum atomic E-state index is -0.284. The molecule has 1 aliphatic rings. The quantitative estimate of drug-likeness (QED) is 0.0460. The van der Waals surface area contributed by atoms with Crippen molar-refractivity contribution < 1.29 is 19.1 Å². The van der Waals surface area contributed by atoms with Crippen LogP contribution in [-0.4, -0.2) is 25.8 Å². The van der Waals surface area contributed by atoms with Crippen molar-refractivity contribution in [3.05, 3.63) is 162 Å². The number of hydrogen-bond donors (Lipinski definition) is 0. The molecule has 0 aliphatic heterocycles. The number of carbonyl (C=O) groups is 2. The molecule has 4 nitrogen and oxygen atoms in total. The van der Waals surface area contributed by atoms with Crippen LogP contribution in [-0.2, 0) is 19.1 Å². The summed E-state index contributed by atoms with van der Waals surface area (Å²) < 4.78 is 10.4. The number of ketones is 2. The van der Waals surface area contributed by atoms with Crippen LogP contribution in [0.25, 0.3) is 0 Å². The van der Waals surface area contributed by atoms with Gasteiger partial charge >= 0.3 is 0 Å². The molecule has 406 valence electrons. The number of rotatable bonds is 37. The molecule has 0 atom stereocenters. The first-order chi connectivity index (χ1) is 34.8. The summed E-state index contributed by atoms with van der Waals surface area (Å²) in [5.41, 5.74) is 18.5. The van der Waals surface area contributed by atoms with Gasteiger partial charge in [0.25, 0.3) is 0 Å². The third-order valence-electron chi connectivity index (χ3n) is 14.2. The summed E-state index contributed by atoms with van der Waals surface area (Å²) >= 11 is 0. The van der Waals surface area contributed by atoms with Crippen molar-refractivity contribution in [3.63, 3.8) is 0 Å². The first-order valence-corrected chi connectivity index (χ1v) is 28.2. The molecule has 0 bridgehead atoms. The van der Waals surface area contributed by atoms with Gasteiger partial charge in [0.2, 0.25) is 23.1 Å². The average molecular weight is 1000 g/mol. The fraction of sp³-hybridized carbons (Fsp3) is 0.565. The summed E-state index contributed by atoms with van der Waals surface area (Å²) in [6.45, 7) is 31.0. The third kappa shape index (κ3) is 32.3. The molecule has 0 heterocycles. The van der Waals surface area contributed by atoms with E-state index in [1.807, 2.05) is 0 Å². The van der Waals surface area contributed by atoms with Crippen LogP contribution in [0.5, 0.6) is 0 Å². The van der Waals surface area contributed by atoms with E-state index in [-0.39, 0.29) is 23.1 Å². The number of ether oxygens (including phenoxy) is 2. The Balaban J connectivity index is 2.28. The molecule has 0 spiro atoms. The van der Waals surface area contributed by atoms with Crippen molar-refractivity contribution >= 4 is 11.6 Å². The molecule has 0 fully saturated rings. The highest BCUT2D eigenvalue weighted by molar-refractivity contribution is 6.23. The van der Waals surface area contributed by atoms with E-state index >= 15 is 0 Å². The molecule has 0 aromatic rings. The van der Waals surface area contributed by atoms with E-state index in [1.54, 1.807) is 6.92 Å². The van der Waals surface area contributed by atoms with Gasteiger partial charge in [0, 0.05) is 11.1 Å². The van der Waals surface area contributed by atoms with Crippen LogP contribution in [0.15, 0.2) is 162 Å². The van der Waals surface area contributed by atoms with Crippen molar-refractivity contribution in [2.45, 2.75) is 245 Å². The van der Waals surface area contributed by atoms with Crippen molar-refractivity contribution in [1.29, 1.82) is 0 Å². The van der Waals surface area contributed by atoms with Crippen LogP contribution in [0.4, 0.5) is 0 Å². The van der Waals surface area contributed by atoms with E-state index in [4.69, 9.17) is 9.47 Å². The Bertz CT molecular complexity index is 2180. The Hall–Kier alpha value is -4.70. The van der Waals surface area contributed by atoms with Crippen molar-refractivity contribution in [2.75, 3.05) is 14.2 Å². The van der Waals surface area contributed by atoms with Gasteiger partial charge < -0.3 is 9.47 Å². The zero-order valence-electron chi connectivity index (χ0n) is 49.8. The number of hydrogen-bond acceptors (Lipinski definition) is 4. The summed E-state index contributed by atoms with van der Waals surface area (Å²) in [6.07, 6.45) is 53.8. The molecule has 4 heteroatoms. The maximum Gasteiger partial charge on any atom is 0.228 e. The number of methoxy groups -OCH3 is 2. The van der Waals surface area contributed by atoms with Crippen LogP contribution >= 0.6 is 0 Å². The molecule has 0 unspecified atom stereocenters. The predicted octanol–water partition coefficient (Wildman–Crippen LogP) is 21.3. The van der Waals surface area contributed by atoms with E-state index in [2.05, 4.69) is 163 Å². The van der Waals surface area contributed by atoms with Gasteiger partial charge in [0.1, 0.15) is 0 Å². The van der Waals surface area contributed by atoms with Gasteiger partial charge in [-0.15, -0.1) is 0 Å². The van der Waals surface area contributed by atoms with Gasteiger partial charge in [-0.05, 0) is 245 Å². The van der Waals surface area contributed by atoms with Crippen LogP contribution < -0.4 is 0 Å². The largest absolute Gasteiger partial charge is 0.489 e. The topological polar surface area (TPSA) is 52.6 Å². The third-order valence-corrected chi connectivity index (χ3v) is 14.2. The van der Waals surface area contributed by atoms with Crippen molar-refractivity contribution in [1.82, 2.24) is 0 Å². The normalized spacial score (nSPS) is 15.9. The molecule has 0 amide bonds. The highest BCUT2D eigenvalue weighted by Gasteiger charge is 2.34. The Morgan fingerprint density at radius 2 is 0.493 bits per heavy atom. The lowest BCUT2D eigenvalue weighted by atomic mass is 9.90. The van der Waals surface area contributed by atoms with Gasteiger partial charge in [-0.1, -0.05) is 140 Å². The molecule has 1 aliphatic carbocycles. The van der Waals surface area contributed by atoms with Crippen molar-refractivity contribution in [2.24, 2.45) is 0 Å². The van der Waals surface area contributed by atoms with E-state index < -0.39 is 0 Å². The molecule has 0 radical (unpaired) electrons. The smallest absolute Gasteiger partial charge is 0.228 e. The van der Waals surface area contributed by atoms with E-state index in [0.717, 1.165) is 116 Å². The second-order valence-corrected chi connectivity index (χ2v) is 21.8. The molecule has 0 saturated carbocycles. The van der Waals surface area contributed by atoms with Gasteiger partial charge in [0.05, 0.1) is 14.2 Å². The predicted molar refractivity (Wildman–Crippen MR) is 321 cm³/mol. The lowest BCUT2D eigenvalue weighted by molar-refractivity contribution is -0.121. The fourth-order valence-electron chi connectivity index (χ4n) is 8.89. The second kappa shape index (κ2) is 39.7. The SMILES string of the molecule is COC1=C(OC)C(=O)C(CC=C(C)CCC=C(C)CCC=C(C)CCC=C(C)CCC=C(C)CCC=C(C)CCC=C(C)CCC=C(C)CCC=C(C)CCC=C(C)CCC=C(C)CCC=C(C)C)=C(C)C1=O. The number of carbonyl (C=O) groups excluding carboxylic acids is 2. The van der Waals surface area contributed by atoms with Crippen LogP contribution in [0.3, 0.4) is 0 Å². The first-order valence-electron chi connectivity index (χ1n) is 28.2. The minimum Gasteiger partial charge on any atom is -0.489 e. The monoisotopic (exact) mass is 999 g/mol. The van der Waals surface area contributed by atoms with Gasteiger partial charge in [-0.25, -0.2) is 0 Å². The van der Waals surface area contributed by atoms with Crippen LogP contribution in [0.2, 0.25) is 0 Å². The van der Waals surface area contributed by atoms with E-state index in [1.165, 1.54) is 107 Å². The van der Waals surface area contributed by atoms with Gasteiger partial charge in [0.15, 0.2) is 0 Å². The molecule has 0 N–H and O–H groups in total. The Kier molecular flexibility index (Phi) is 36.1. The molecule has 0 aromatic carbocycles. The van der Waals surface area contributed by atoms with Gasteiger partial charge in [-0.3, -0.25) is 9.59 Å². The highest BCUT2D eigenvalue weighted by atomic mass is 16.5. The van der Waals surface area contributed by atoms with E-state index in [9.17, 15) is 9.59 Å². The average Bonchev–Trinajstić information content (AvgIpc) is 3.32. The summed E-state index contributed by atoms with van der Waals surface area (Å²) in [6, 6.07) is 0. The summed E-state index contributed by atoms with van der Waals surface area (Å²) in [4.78, 5) is 25.6. The Morgan fingerprint density at radius 3 is 0.699 bits per heavy atom. The number of allylic oxidation sites excluding steroid dienone is 26. The first kappa shape index (κ1) is 66.3. The zero-order chi connectivity index (χ0) is 54.6. The maximum absolute atomic E-state index is 12.9. The number of Topliss-reactive ketones (excluding diaryl/α,β-unsaturated/α-hetero) is 2. The molecule has 1 rings (SSSR count). The molecular formula is C69H106O4. The summed E-state index contributed by atoms with van der Waals surface area (Å²) in [7, 11) is 2.78. The maximum atomic E-state index is 12.9. The molecule has 0 saturated heterocycles. The van der Waals surface area contributed by atoms with Gasteiger partial charge in [-0.2, -0.15) is 0 Å². The second-order valence-electron chi connectivity index (χ2n) is 21.8. The van der Waals surface area contributed by atoms with Crippen molar-refractivity contribution in [3.8, 4) is 0 Å². The summed E-state index contributed by atoms with van der Waals surface area (Å²) in [5, 5.41) is 0. The lowest BCUT2D eigenvalue weighted by Gasteiger charge is -2.19. The van der Waals surface area contributed by atoms with E-state index in [0.29, 0.717) is 17.6 Å². The molecular weight excluding hydrogens is 893 g/mol.